The molecule has 1 unspecified atom stereocenters. The Balaban J connectivity index is 2.41. The first-order valence-corrected chi connectivity index (χ1v) is 4.98. The van der Waals surface area contributed by atoms with Gasteiger partial charge in [0.1, 0.15) is 0 Å². The van der Waals surface area contributed by atoms with Crippen LogP contribution < -0.4 is 5.32 Å². The van der Waals surface area contributed by atoms with Gasteiger partial charge in [0.05, 0.1) is 10.4 Å². The van der Waals surface area contributed by atoms with E-state index in [2.05, 4.69) is 5.32 Å². The first kappa shape index (κ1) is 9.99. The third-order valence-electron chi connectivity index (χ3n) is 1.51. The zero-order valence-corrected chi connectivity index (χ0v) is 8.45. The molecule has 1 rings (SSSR count). The Labute approximate surface area is 81.2 Å². The van der Waals surface area contributed by atoms with E-state index < -0.39 is 0 Å². The average Bonchev–Trinajstić information content (AvgIpc) is 2.36. The van der Waals surface area contributed by atoms with Crippen LogP contribution in [0.5, 0.6) is 0 Å². The molecule has 0 aliphatic carbocycles. The molecule has 0 fully saturated rings. The van der Waals surface area contributed by atoms with Gasteiger partial charge < -0.3 is 10.4 Å². The van der Waals surface area contributed by atoms with Gasteiger partial charge in [-0.1, -0.05) is 11.6 Å². The van der Waals surface area contributed by atoms with Crippen molar-refractivity contribution in [3.8, 4) is 0 Å². The third kappa shape index (κ3) is 3.11. The molecule has 12 heavy (non-hydrogen) atoms. The standard InChI is InChI=1S/C8H12ClNOS/c1-10-5-6(11)4-7-2-3-8(9)12-7/h2-3,6,10-11H,4-5H2,1H3. The normalized spacial score (nSPS) is 13.2. The van der Waals surface area contributed by atoms with Crippen LogP contribution in [0.25, 0.3) is 0 Å². The maximum absolute atomic E-state index is 9.41. The van der Waals surface area contributed by atoms with E-state index in [-0.39, 0.29) is 6.10 Å². The highest BCUT2D eigenvalue weighted by Gasteiger charge is 2.05. The van der Waals surface area contributed by atoms with Crippen LogP contribution in [0.2, 0.25) is 4.34 Å². The fraction of sp³-hybridized carbons (Fsp3) is 0.500. The number of thiophene rings is 1. The van der Waals surface area contributed by atoms with Crippen molar-refractivity contribution in [2.45, 2.75) is 12.5 Å². The summed E-state index contributed by atoms with van der Waals surface area (Å²) in [5.41, 5.74) is 0. The number of aliphatic hydroxyl groups is 1. The van der Waals surface area contributed by atoms with Gasteiger partial charge in [-0.15, -0.1) is 11.3 Å². The molecule has 1 aromatic heterocycles. The monoisotopic (exact) mass is 205 g/mol. The average molecular weight is 206 g/mol. The van der Waals surface area contributed by atoms with Crippen molar-refractivity contribution in [2.75, 3.05) is 13.6 Å². The molecule has 0 amide bonds. The Morgan fingerprint density at radius 1 is 1.67 bits per heavy atom. The molecule has 2 N–H and O–H groups in total. The van der Waals surface area contributed by atoms with E-state index >= 15 is 0 Å². The molecule has 0 saturated carbocycles. The third-order valence-corrected chi connectivity index (χ3v) is 2.76. The van der Waals surface area contributed by atoms with E-state index in [4.69, 9.17) is 11.6 Å². The molecule has 0 spiro atoms. The van der Waals surface area contributed by atoms with Gasteiger partial charge in [0.2, 0.25) is 0 Å². The molecule has 1 aromatic rings. The lowest BCUT2D eigenvalue weighted by molar-refractivity contribution is 0.175. The minimum Gasteiger partial charge on any atom is -0.391 e. The molecule has 0 aromatic carbocycles. The SMILES string of the molecule is CNCC(O)Cc1ccc(Cl)s1. The molecule has 0 saturated heterocycles. The second-order valence-electron chi connectivity index (χ2n) is 2.62. The van der Waals surface area contributed by atoms with Gasteiger partial charge in [-0.25, -0.2) is 0 Å². The number of hydrogen-bond acceptors (Lipinski definition) is 3. The summed E-state index contributed by atoms with van der Waals surface area (Å²) in [6.45, 7) is 0.621. The molecule has 0 aliphatic rings. The molecule has 4 heteroatoms. The van der Waals surface area contributed by atoms with E-state index in [1.54, 1.807) is 0 Å². The number of hydrogen-bond donors (Lipinski definition) is 2. The number of nitrogens with one attached hydrogen (secondary N) is 1. The summed E-state index contributed by atoms with van der Waals surface area (Å²) in [5.74, 6) is 0. The van der Waals surface area contributed by atoms with Crippen LogP contribution in [-0.4, -0.2) is 24.8 Å². The molecular weight excluding hydrogens is 194 g/mol. The van der Waals surface area contributed by atoms with Crippen molar-refractivity contribution >= 4 is 22.9 Å². The number of aliphatic hydroxyl groups excluding tert-OH is 1. The van der Waals surface area contributed by atoms with E-state index in [0.29, 0.717) is 13.0 Å². The van der Waals surface area contributed by atoms with Gasteiger partial charge in [0.15, 0.2) is 0 Å². The minimum absolute atomic E-state index is 0.315. The quantitative estimate of drug-likeness (QED) is 0.782. The first-order chi connectivity index (χ1) is 5.72. The zero-order valence-electron chi connectivity index (χ0n) is 6.88. The second-order valence-corrected chi connectivity index (χ2v) is 4.42. The second kappa shape index (κ2) is 4.82. The maximum atomic E-state index is 9.41. The first-order valence-electron chi connectivity index (χ1n) is 3.79. The number of rotatable bonds is 4. The summed E-state index contributed by atoms with van der Waals surface area (Å²) in [5, 5.41) is 12.3. The van der Waals surface area contributed by atoms with Crippen molar-refractivity contribution in [2.24, 2.45) is 0 Å². The molecule has 0 bridgehead atoms. The summed E-state index contributed by atoms with van der Waals surface area (Å²) in [6, 6.07) is 3.81. The predicted octanol–water partition coefficient (Wildman–Crippen LogP) is 1.52. The minimum atomic E-state index is -0.315. The Morgan fingerprint density at radius 3 is 2.92 bits per heavy atom. The summed E-state index contributed by atoms with van der Waals surface area (Å²) >= 11 is 7.26. The molecule has 0 radical (unpaired) electrons. The van der Waals surface area contributed by atoms with Gasteiger partial charge >= 0.3 is 0 Å². The zero-order chi connectivity index (χ0) is 8.97. The highest BCUT2D eigenvalue weighted by molar-refractivity contribution is 7.16. The van der Waals surface area contributed by atoms with Crippen LogP contribution in [0.15, 0.2) is 12.1 Å². The Bertz CT molecular complexity index is 239. The number of halogens is 1. The van der Waals surface area contributed by atoms with Gasteiger partial charge in [0, 0.05) is 17.8 Å². The molecule has 0 aliphatic heterocycles. The van der Waals surface area contributed by atoms with Crippen LogP contribution >= 0.6 is 22.9 Å². The predicted molar refractivity (Wildman–Crippen MR) is 53.0 cm³/mol. The van der Waals surface area contributed by atoms with Gasteiger partial charge in [0.25, 0.3) is 0 Å². The van der Waals surface area contributed by atoms with Crippen LogP contribution in [0.1, 0.15) is 4.88 Å². The molecular formula is C8H12ClNOS. The Morgan fingerprint density at radius 2 is 2.42 bits per heavy atom. The summed E-state index contributed by atoms with van der Waals surface area (Å²) in [7, 11) is 1.82. The van der Waals surface area contributed by atoms with E-state index in [1.165, 1.54) is 11.3 Å². The molecule has 68 valence electrons. The topological polar surface area (TPSA) is 32.3 Å². The Kier molecular flexibility index (Phi) is 4.01. The van der Waals surface area contributed by atoms with Crippen molar-refractivity contribution in [3.05, 3.63) is 21.3 Å². The van der Waals surface area contributed by atoms with Gasteiger partial charge in [-0.05, 0) is 19.2 Å². The molecule has 2 nitrogen and oxygen atoms in total. The van der Waals surface area contributed by atoms with Crippen LogP contribution in [-0.2, 0) is 6.42 Å². The van der Waals surface area contributed by atoms with Crippen LogP contribution in [0, 0.1) is 0 Å². The van der Waals surface area contributed by atoms with Crippen molar-refractivity contribution in [1.29, 1.82) is 0 Å². The summed E-state index contributed by atoms with van der Waals surface area (Å²) in [6.07, 6.45) is 0.364. The molecule has 1 heterocycles. The van der Waals surface area contributed by atoms with Crippen molar-refractivity contribution in [3.63, 3.8) is 0 Å². The highest BCUT2D eigenvalue weighted by atomic mass is 35.5. The molecule has 1 atom stereocenters. The summed E-state index contributed by atoms with van der Waals surface area (Å²) < 4.78 is 0.779. The van der Waals surface area contributed by atoms with Crippen LogP contribution in [0.4, 0.5) is 0 Å². The van der Waals surface area contributed by atoms with E-state index in [1.807, 2.05) is 19.2 Å². The lowest BCUT2D eigenvalue weighted by atomic mass is 10.2. The largest absolute Gasteiger partial charge is 0.391 e. The van der Waals surface area contributed by atoms with Crippen LogP contribution in [0.3, 0.4) is 0 Å². The lowest BCUT2D eigenvalue weighted by Gasteiger charge is -2.06. The Hall–Kier alpha value is -0.0900. The fourth-order valence-electron chi connectivity index (χ4n) is 1.00. The highest BCUT2D eigenvalue weighted by Crippen LogP contribution is 2.22. The van der Waals surface area contributed by atoms with Gasteiger partial charge in [-0.2, -0.15) is 0 Å². The lowest BCUT2D eigenvalue weighted by Crippen LogP contribution is -2.24. The van der Waals surface area contributed by atoms with Gasteiger partial charge in [-0.3, -0.25) is 0 Å². The smallest absolute Gasteiger partial charge is 0.0931 e. The maximum Gasteiger partial charge on any atom is 0.0931 e. The fourth-order valence-corrected chi connectivity index (χ4v) is 2.16. The van der Waals surface area contributed by atoms with E-state index in [0.717, 1.165) is 9.21 Å². The van der Waals surface area contributed by atoms with Crippen molar-refractivity contribution < 1.29 is 5.11 Å². The summed E-state index contributed by atoms with van der Waals surface area (Å²) in [4.78, 5) is 1.13. The number of likely N-dealkylation sites (N-methyl/N-ethyl adjacent to an activating group) is 1. The van der Waals surface area contributed by atoms with Crippen molar-refractivity contribution in [1.82, 2.24) is 5.32 Å². The van der Waals surface area contributed by atoms with E-state index in [9.17, 15) is 5.11 Å².